The monoisotopic (exact) mass is 348 g/mol. The topological polar surface area (TPSA) is 59.8 Å². The zero-order chi connectivity index (χ0) is 17.1. The summed E-state index contributed by atoms with van der Waals surface area (Å²) in [5.41, 5.74) is 2.27. The Balaban J connectivity index is 1.45. The van der Waals surface area contributed by atoms with Crippen LogP contribution in [-0.4, -0.2) is 14.5 Å². The molecular weight excluding hydrogens is 332 g/mol. The zero-order valence-electron chi connectivity index (χ0n) is 13.4. The number of anilines is 1. The Hall–Kier alpha value is -2.99. The number of nitrogens with one attached hydrogen (secondary N) is 1. The minimum atomic E-state index is 0.0109. The molecule has 0 saturated carbocycles. The lowest BCUT2D eigenvalue weighted by molar-refractivity contribution is 0.759. The lowest BCUT2D eigenvalue weighted by atomic mass is 10.1. The zero-order valence-corrected chi connectivity index (χ0v) is 14.2. The summed E-state index contributed by atoms with van der Waals surface area (Å²) in [6.07, 6.45) is 3.39. The highest BCUT2D eigenvalue weighted by molar-refractivity contribution is 7.16. The molecule has 5 nitrogen and oxygen atoms in total. The number of benzene rings is 1. The molecule has 124 valence electrons. The number of hydrogen-bond acceptors (Lipinski definition) is 5. The van der Waals surface area contributed by atoms with Crippen LogP contribution in [0.4, 0.5) is 5.82 Å². The van der Waals surface area contributed by atoms with Gasteiger partial charge < -0.3 is 9.88 Å². The van der Waals surface area contributed by atoms with Gasteiger partial charge in [0.05, 0.1) is 11.9 Å². The van der Waals surface area contributed by atoms with Gasteiger partial charge in [0.2, 0.25) is 0 Å². The van der Waals surface area contributed by atoms with Crippen molar-refractivity contribution < 1.29 is 0 Å². The molecule has 1 N–H and O–H groups in total. The first kappa shape index (κ1) is 15.5. The van der Waals surface area contributed by atoms with E-state index < -0.39 is 0 Å². The van der Waals surface area contributed by atoms with Crippen molar-refractivity contribution in [3.8, 4) is 0 Å². The van der Waals surface area contributed by atoms with Gasteiger partial charge in [0.1, 0.15) is 17.0 Å². The van der Waals surface area contributed by atoms with Crippen LogP contribution in [0.2, 0.25) is 0 Å². The number of fused-ring (bicyclic) bond motifs is 1. The fraction of sp³-hybridized carbons (Fsp3) is 0.105. The van der Waals surface area contributed by atoms with Crippen LogP contribution in [-0.2, 0) is 13.1 Å². The van der Waals surface area contributed by atoms with E-state index in [4.69, 9.17) is 0 Å². The average molecular weight is 348 g/mol. The summed E-state index contributed by atoms with van der Waals surface area (Å²) in [6.45, 7) is 1.27. The highest BCUT2D eigenvalue weighted by Gasteiger charge is 2.04. The van der Waals surface area contributed by atoms with E-state index in [1.807, 2.05) is 17.5 Å². The smallest absolute Gasteiger partial charge is 0.250 e. The van der Waals surface area contributed by atoms with Crippen molar-refractivity contribution in [2.45, 2.75) is 13.1 Å². The minimum absolute atomic E-state index is 0.0109. The van der Waals surface area contributed by atoms with E-state index in [0.29, 0.717) is 13.1 Å². The van der Waals surface area contributed by atoms with Crippen molar-refractivity contribution in [2.24, 2.45) is 0 Å². The van der Waals surface area contributed by atoms with Gasteiger partial charge in [0.25, 0.3) is 5.56 Å². The van der Waals surface area contributed by atoms with Crippen LogP contribution in [0, 0.1) is 0 Å². The quantitative estimate of drug-likeness (QED) is 0.599. The summed E-state index contributed by atoms with van der Waals surface area (Å²) in [7, 11) is 0. The van der Waals surface area contributed by atoms with Crippen LogP contribution in [0.5, 0.6) is 0 Å². The molecule has 4 aromatic rings. The number of thiophene rings is 1. The number of nitrogens with zero attached hydrogens (tertiary/aromatic N) is 3. The van der Waals surface area contributed by atoms with Crippen molar-refractivity contribution in [3.63, 3.8) is 0 Å². The second kappa shape index (κ2) is 6.86. The Morgan fingerprint density at radius 3 is 2.68 bits per heavy atom. The number of hydrogen-bond donors (Lipinski definition) is 1. The third-order valence-electron chi connectivity index (χ3n) is 4.00. The number of rotatable bonds is 5. The van der Waals surface area contributed by atoms with Crippen LogP contribution < -0.4 is 10.9 Å². The van der Waals surface area contributed by atoms with Crippen LogP contribution in [0.3, 0.4) is 0 Å². The van der Waals surface area contributed by atoms with Gasteiger partial charge in [-0.15, -0.1) is 11.3 Å². The molecule has 0 unspecified atom stereocenters. The first-order valence-electron chi connectivity index (χ1n) is 7.95. The largest absolute Gasteiger partial charge is 0.365 e. The molecule has 0 aliphatic rings. The molecule has 0 atom stereocenters. The summed E-state index contributed by atoms with van der Waals surface area (Å²) in [4.78, 5) is 21.3. The molecule has 0 spiro atoms. The molecule has 0 bridgehead atoms. The molecule has 6 heteroatoms. The van der Waals surface area contributed by atoms with Gasteiger partial charge in [-0.25, -0.2) is 9.97 Å². The van der Waals surface area contributed by atoms with Gasteiger partial charge in [-0.3, -0.25) is 4.79 Å². The first-order chi connectivity index (χ1) is 12.3. The van der Waals surface area contributed by atoms with E-state index in [9.17, 15) is 4.79 Å². The van der Waals surface area contributed by atoms with E-state index >= 15 is 0 Å². The molecule has 0 saturated heterocycles. The predicted octanol–water partition coefficient (Wildman–Crippen LogP) is 3.51. The van der Waals surface area contributed by atoms with Gasteiger partial charge >= 0.3 is 0 Å². The van der Waals surface area contributed by atoms with Crippen LogP contribution in [0.25, 0.3) is 10.2 Å². The maximum absolute atomic E-state index is 11.8. The summed E-state index contributed by atoms with van der Waals surface area (Å²) in [5.74, 6) is 0.853. The Bertz CT molecular complexity index is 1050. The summed E-state index contributed by atoms with van der Waals surface area (Å²) in [6, 6.07) is 15.5. The van der Waals surface area contributed by atoms with Gasteiger partial charge in [-0.05, 0) is 28.6 Å². The van der Waals surface area contributed by atoms with E-state index in [0.717, 1.165) is 27.2 Å². The predicted molar refractivity (Wildman–Crippen MR) is 101 cm³/mol. The normalized spacial score (nSPS) is 10.9. The van der Waals surface area contributed by atoms with Crippen LogP contribution in [0.15, 0.2) is 71.2 Å². The van der Waals surface area contributed by atoms with E-state index in [1.165, 1.54) is 0 Å². The van der Waals surface area contributed by atoms with Crippen molar-refractivity contribution in [2.75, 3.05) is 5.32 Å². The van der Waals surface area contributed by atoms with Crippen molar-refractivity contribution in [3.05, 3.63) is 87.9 Å². The second-order valence-electron chi connectivity index (χ2n) is 5.70. The molecule has 3 aromatic heterocycles. The molecule has 0 radical (unpaired) electrons. The third kappa shape index (κ3) is 3.44. The Labute approximate surface area is 148 Å². The fourth-order valence-corrected chi connectivity index (χ4v) is 3.40. The van der Waals surface area contributed by atoms with Gasteiger partial charge in [0.15, 0.2) is 0 Å². The minimum Gasteiger partial charge on any atom is -0.365 e. The lowest BCUT2D eigenvalue weighted by Crippen LogP contribution is -2.18. The van der Waals surface area contributed by atoms with E-state index in [-0.39, 0.29) is 5.56 Å². The standard InChI is InChI=1S/C19H16N4OS/c24-17-3-1-2-9-23(17)12-15-6-4-14(5-7-15)11-20-18-16-8-10-25-19(16)22-13-21-18/h1-10,13H,11-12H2,(H,20,21,22). The first-order valence-corrected chi connectivity index (χ1v) is 8.83. The summed E-state index contributed by atoms with van der Waals surface area (Å²) in [5, 5.41) is 6.44. The van der Waals surface area contributed by atoms with Gasteiger partial charge in [-0.2, -0.15) is 0 Å². The molecule has 25 heavy (non-hydrogen) atoms. The lowest BCUT2D eigenvalue weighted by Gasteiger charge is -2.08. The molecular formula is C19H16N4OS. The molecule has 3 heterocycles. The van der Waals surface area contributed by atoms with E-state index in [1.54, 1.807) is 40.6 Å². The number of pyridine rings is 1. The highest BCUT2D eigenvalue weighted by Crippen LogP contribution is 2.24. The molecule has 0 aliphatic heterocycles. The second-order valence-corrected chi connectivity index (χ2v) is 6.59. The number of aromatic nitrogens is 3. The van der Waals surface area contributed by atoms with Crippen molar-refractivity contribution >= 4 is 27.4 Å². The molecule has 0 amide bonds. The molecule has 1 aromatic carbocycles. The maximum Gasteiger partial charge on any atom is 0.250 e. The fourth-order valence-electron chi connectivity index (χ4n) is 2.67. The molecule has 0 aliphatic carbocycles. The van der Waals surface area contributed by atoms with Gasteiger partial charge in [0, 0.05) is 18.8 Å². The summed E-state index contributed by atoms with van der Waals surface area (Å²) >= 11 is 1.61. The van der Waals surface area contributed by atoms with Crippen LogP contribution in [0.1, 0.15) is 11.1 Å². The van der Waals surface area contributed by atoms with Gasteiger partial charge in [-0.1, -0.05) is 30.3 Å². The highest BCUT2D eigenvalue weighted by atomic mass is 32.1. The molecule has 0 fully saturated rings. The average Bonchev–Trinajstić information content (AvgIpc) is 3.12. The molecule has 4 rings (SSSR count). The Morgan fingerprint density at radius 1 is 1.00 bits per heavy atom. The van der Waals surface area contributed by atoms with Crippen molar-refractivity contribution in [1.29, 1.82) is 0 Å². The Morgan fingerprint density at radius 2 is 1.84 bits per heavy atom. The summed E-state index contributed by atoms with van der Waals surface area (Å²) < 4.78 is 1.70. The van der Waals surface area contributed by atoms with E-state index in [2.05, 4.69) is 39.6 Å². The van der Waals surface area contributed by atoms with Crippen LogP contribution >= 0.6 is 11.3 Å². The van der Waals surface area contributed by atoms with Crippen molar-refractivity contribution in [1.82, 2.24) is 14.5 Å². The SMILES string of the molecule is O=c1ccccn1Cc1ccc(CNc2ncnc3sccc23)cc1. The Kier molecular flexibility index (Phi) is 4.26. The maximum atomic E-state index is 11.8. The third-order valence-corrected chi connectivity index (χ3v) is 4.82.